The first-order chi connectivity index (χ1) is 9.00. The van der Waals surface area contributed by atoms with Crippen molar-refractivity contribution in [3.63, 3.8) is 0 Å². The minimum atomic E-state index is -0.660. The lowest BCUT2D eigenvalue weighted by molar-refractivity contribution is 0.199. The van der Waals surface area contributed by atoms with E-state index >= 15 is 0 Å². The summed E-state index contributed by atoms with van der Waals surface area (Å²) in [4.78, 5) is 1.82. The fourth-order valence-corrected chi connectivity index (χ4v) is 2.12. The maximum atomic E-state index is 14.1. The van der Waals surface area contributed by atoms with Crippen molar-refractivity contribution in [2.24, 2.45) is 0 Å². The number of hydrogen-bond acceptors (Lipinski definition) is 2. The Kier molecular flexibility index (Phi) is 3.86. The van der Waals surface area contributed by atoms with E-state index in [0.717, 1.165) is 11.3 Å². The predicted molar refractivity (Wildman–Crippen MR) is 76.3 cm³/mol. The molecule has 2 aromatic rings. The summed E-state index contributed by atoms with van der Waals surface area (Å²) in [6.07, 6.45) is -0.660. The van der Waals surface area contributed by atoms with Crippen LogP contribution in [0.15, 0.2) is 42.5 Å². The highest BCUT2D eigenvalue weighted by atomic mass is 19.1. The molecular weight excluding hydrogens is 241 g/mol. The summed E-state index contributed by atoms with van der Waals surface area (Å²) < 4.78 is 14.1. The van der Waals surface area contributed by atoms with Crippen LogP contribution in [0.1, 0.15) is 24.2 Å². The van der Waals surface area contributed by atoms with Crippen LogP contribution in [0.4, 0.5) is 15.8 Å². The number of rotatable bonds is 3. The second-order valence-electron chi connectivity index (χ2n) is 4.73. The number of benzene rings is 2. The highest BCUT2D eigenvalue weighted by Gasteiger charge is 2.13. The van der Waals surface area contributed by atoms with E-state index in [4.69, 9.17) is 0 Å². The first-order valence-corrected chi connectivity index (χ1v) is 6.27. The van der Waals surface area contributed by atoms with Crippen LogP contribution in [0.3, 0.4) is 0 Å². The Labute approximate surface area is 113 Å². The Balaban J connectivity index is 2.40. The maximum Gasteiger partial charge on any atom is 0.147 e. The van der Waals surface area contributed by atoms with Crippen LogP contribution in [0.5, 0.6) is 0 Å². The summed E-state index contributed by atoms with van der Waals surface area (Å²) in [5.41, 5.74) is 3.13. The molecule has 100 valence electrons. The van der Waals surface area contributed by atoms with E-state index in [2.05, 4.69) is 0 Å². The molecule has 0 saturated heterocycles. The Morgan fingerprint density at radius 1 is 1.11 bits per heavy atom. The normalized spacial score (nSPS) is 12.3. The van der Waals surface area contributed by atoms with Crippen molar-refractivity contribution in [2.75, 3.05) is 11.9 Å². The third-order valence-electron chi connectivity index (χ3n) is 3.29. The number of halogens is 1. The standard InChI is InChI=1S/C16H18FNO/c1-11-6-4-5-7-15(11)18(3)16-9-8-13(12(2)19)10-14(16)17/h4-10,12,19H,1-3H3/t12-/m1/s1. The molecule has 1 N–H and O–H groups in total. The summed E-state index contributed by atoms with van der Waals surface area (Å²) >= 11 is 0. The van der Waals surface area contributed by atoms with E-state index in [-0.39, 0.29) is 5.82 Å². The zero-order valence-corrected chi connectivity index (χ0v) is 11.4. The van der Waals surface area contributed by atoms with E-state index in [0.29, 0.717) is 11.3 Å². The quantitative estimate of drug-likeness (QED) is 0.902. The van der Waals surface area contributed by atoms with Crippen LogP contribution in [-0.4, -0.2) is 12.2 Å². The third kappa shape index (κ3) is 2.76. The zero-order chi connectivity index (χ0) is 14.0. The molecule has 0 heterocycles. The number of aliphatic hydroxyl groups is 1. The van der Waals surface area contributed by atoms with Crippen molar-refractivity contribution in [1.82, 2.24) is 0 Å². The molecule has 0 aliphatic rings. The molecule has 0 aromatic heterocycles. The van der Waals surface area contributed by atoms with E-state index in [1.807, 2.05) is 43.1 Å². The van der Waals surface area contributed by atoms with Crippen LogP contribution in [0.25, 0.3) is 0 Å². The number of aliphatic hydroxyl groups excluding tert-OH is 1. The molecule has 0 radical (unpaired) electrons. The van der Waals surface area contributed by atoms with Crippen molar-refractivity contribution in [1.29, 1.82) is 0 Å². The SMILES string of the molecule is Cc1ccccc1N(C)c1ccc([C@@H](C)O)cc1F. The van der Waals surface area contributed by atoms with Crippen LogP contribution >= 0.6 is 0 Å². The Bertz CT molecular complexity index is 581. The van der Waals surface area contributed by atoms with Crippen LogP contribution < -0.4 is 4.90 Å². The van der Waals surface area contributed by atoms with Crippen LogP contribution in [0, 0.1) is 12.7 Å². The smallest absolute Gasteiger partial charge is 0.147 e. The molecule has 2 rings (SSSR count). The van der Waals surface area contributed by atoms with E-state index in [9.17, 15) is 9.50 Å². The molecule has 19 heavy (non-hydrogen) atoms. The number of anilines is 2. The van der Waals surface area contributed by atoms with Gasteiger partial charge in [0.05, 0.1) is 11.8 Å². The Hall–Kier alpha value is -1.87. The molecule has 2 nitrogen and oxygen atoms in total. The highest BCUT2D eigenvalue weighted by Crippen LogP contribution is 2.30. The average molecular weight is 259 g/mol. The summed E-state index contributed by atoms with van der Waals surface area (Å²) in [7, 11) is 1.84. The summed E-state index contributed by atoms with van der Waals surface area (Å²) in [6.45, 7) is 3.62. The zero-order valence-electron chi connectivity index (χ0n) is 11.4. The predicted octanol–water partition coefficient (Wildman–Crippen LogP) is 3.96. The molecular formula is C16H18FNO. The van der Waals surface area contributed by atoms with Gasteiger partial charge >= 0.3 is 0 Å². The molecule has 1 atom stereocenters. The van der Waals surface area contributed by atoms with Crippen LogP contribution in [-0.2, 0) is 0 Å². The molecule has 0 fully saturated rings. The molecule has 0 aliphatic heterocycles. The average Bonchev–Trinajstić information content (AvgIpc) is 2.38. The van der Waals surface area contributed by atoms with Gasteiger partial charge in [-0.05, 0) is 43.2 Å². The first kappa shape index (κ1) is 13.6. The lowest BCUT2D eigenvalue weighted by Gasteiger charge is -2.22. The minimum absolute atomic E-state index is 0.329. The maximum absolute atomic E-state index is 14.1. The van der Waals surface area contributed by atoms with E-state index in [1.54, 1.807) is 19.1 Å². The highest BCUT2D eigenvalue weighted by molar-refractivity contribution is 5.66. The van der Waals surface area contributed by atoms with Gasteiger partial charge in [0, 0.05) is 12.7 Å². The van der Waals surface area contributed by atoms with Gasteiger partial charge in [-0.3, -0.25) is 0 Å². The van der Waals surface area contributed by atoms with Crippen molar-refractivity contribution in [3.8, 4) is 0 Å². The van der Waals surface area contributed by atoms with Gasteiger partial charge in [-0.1, -0.05) is 24.3 Å². The minimum Gasteiger partial charge on any atom is -0.389 e. The largest absolute Gasteiger partial charge is 0.389 e. The van der Waals surface area contributed by atoms with Crippen molar-refractivity contribution in [3.05, 3.63) is 59.4 Å². The Morgan fingerprint density at radius 3 is 2.37 bits per heavy atom. The molecule has 3 heteroatoms. The van der Waals surface area contributed by atoms with Crippen molar-refractivity contribution < 1.29 is 9.50 Å². The van der Waals surface area contributed by atoms with Gasteiger partial charge in [-0.25, -0.2) is 4.39 Å². The summed E-state index contributed by atoms with van der Waals surface area (Å²) in [5, 5.41) is 9.46. The van der Waals surface area contributed by atoms with E-state index in [1.165, 1.54) is 6.07 Å². The van der Waals surface area contributed by atoms with Gasteiger partial charge < -0.3 is 10.0 Å². The topological polar surface area (TPSA) is 23.5 Å². The molecule has 0 spiro atoms. The fraction of sp³-hybridized carbons (Fsp3) is 0.250. The van der Waals surface area contributed by atoms with Crippen molar-refractivity contribution in [2.45, 2.75) is 20.0 Å². The number of hydrogen-bond donors (Lipinski definition) is 1. The second-order valence-corrected chi connectivity index (χ2v) is 4.73. The molecule has 0 amide bonds. The number of para-hydroxylation sites is 1. The van der Waals surface area contributed by atoms with Crippen LogP contribution in [0.2, 0.25) is 0 Å². The molecule has 2 aromatic carbocycles. The fourth-order valence-electron chi connectivity index (χ4n) is 2.12. The number of aryl methyl sites for hydroxylation is 1. The molecule has 0 bridgehead atoms. The van der Waals surface area contributed by atoms with Gasteiger partial charge in [0.25, 0.3) is 0 Å². The monoisotopic (exact) mass is 259 g/mol. The lowest BCUT2D eigenvalue weighted by Crippen LogP contribution is -2.12. The summed E-state index contributed by atoms with van der Waals surface area (Å²) in [6, 6.07) is 12.7. The van der Waals surface area contributed by atoms with Gasteiger partial charge in [-0.2, -0.15) is 0 Å². The third-order valence-corrected chi connectivity index (χ3v) is 3.29. The second kappa shape index (κ2) is 5.41. The first-order valence-electron chi connectivity index (χ1n) is 6.27. The molecule has 0 aliphatic carbocycles. The van der Waals surface area contributed by atoms with Gasteiger partial charge in [0.2, 0.25) is 0 Å². The Morgan fingerprint density at radius 2 is 1.79 bits per heavy atom. The molecule has 0 unspecified atom stereocenters. The summed E-state index contributed by atoms with van der Waals surface area (Å²) in [5.74, 6) is -0.329. The molecule has 0 saturated carbocycles. The number of nitrogens with zero attached hydrogens (tertiary/aromatic N) is 1. The van der Waals surface area contributed by atoms with Gasteiger partial charge in [0.1, 0.15) is 5.82 Å². The van der Waals surface area contributed by atoms with Crippen molar-refractivity contribution >= 4 is 11.4 Å². The van der Waals surface area contributed by atoms with Gasteiger partial charge in [-0.15, -0.1) is 0 Å². The lowest BCUT2D eigenvalue weighted by atomic mass is 10.1. The van der Waals surface area contributed by atoms with E-state index < -0.39 is 6.10 Å². The van der Waals surface area contributed by atoms with Gasteiger partial charge in [0.15, 0.2) is 0 Å².